The summed E-state index contributed by atoms with van der Waals surface area (Å²) < 4.78 is 0. The predicted molar refractivity (Wildman–Crippen MR) is 78.8 cm³/mol. The van der Waals surface area contributed by atoms with Crippen LogP contribution in [0.1, 0.15) is 51.9 Å². The Morgan fingerprint density at radius 3 is 2.16 bits per heavy atom. The Kier molecular flexibility index (Phi) is 5.24. The summed E-state index contributed by atoms with van der Waals surface area (Å²) in [5.41, 5.74) is -0.301. The van der Waals surface area contributed by atoms with Gasteiger partial charge in [-0.1, -0.05) is 6.92 Å². The highest BCUT2D eigenvalue weighted by molar-refractivity contribution is 5.05. The third-order valence-electron chi connectivity index (χ3n) is 4.80. The fourth-order valence-corrected chi connectivity index (χ4v) is 2.86. The molecule has 3 nitrogen and oxygen atoms in total. The van der Waals surface area contributed by atoms with Crippen LogP contribution in [-0.2, 0) is 0 Å². The highest BCUT2D eigenvalue weighted by Gasteiger charge is 2.30. The number of hydrogen-bond donors (Lipinski definition) is 1. The molecular weight excluding hydrogens is 234 g/mol. The maximum atomic E-state index is 9.33. The summed E-state index contributed by atoms with van der Waals surface area (Å²) in [6, 6.07) is 2.47. The molecule has 1 N–H and O–H groups in total. The van der Waals surface area contributed by atoms with Gasteiger partial charge in [0.2, 0.25) is 0 Å². The Hall–Kier alpha value is -0.590. The number of nitrogens with zero attached hydrogens (tertiary/aromatic N) is 2. The van der Waals surface area contributed by atoms with E-state index in [4.69, 9.17) is 0 Å². The molecule has 2 aliphatic rings. The monoisotopic (exact) mass is 263 g/mol. The third-order valence-corrected chi connectivity index (χ3v) is 4.80. The van der Waals surface area contributed by atoms with Crippen LogP contribution in [0.3, 0.4) is 0 Å². The van der Waals surface area contributed by atoms with Crippen molar-refractivity contribution in [1.29, 1.82) is 5.26 Å². The Balaban J connectivity index is 1.72. The maximum absolute atomic E-state index is 9.33. The zero-order valence-corrected chi connectivity index (χ0v) is 12.6. The molecule has 0 aromatic rings. The molecule has 2 aliphatic carbocycles. The molecule has 0 saturated heterocycles. The van der Waals surface area contributed by atoms with E-state index in [0.29, 0.717) is 0 Å². The Labute approximate surface area is 118 Å². The van der Waals surface area contributed by atoms with E-state index in [1.54, 1.807) is 0 Å². The fraction of sp³-hybridized carbons (Fsp3) is 0.938. The smallest absolute Gasteiger partial charge is 0.106 e. The summed E-state index contributed by atoms with van der Waals surface area (Å²) in [5, 5.41) is 12.5. The molecule has 0 heterocycles. The van der Waals surface area contributed by atoms with Gasteiger partial charge in [0.25, 0.3) is 0 Å². The molecule has 19 heavy (non-hydrogen) atoms. The van der Waals surface area contributed by atoms with Crippen molar-refractivity contribution in [2.24, 2.45) is 11.8 Å². The molecule has 3 heteroatoms. The van der Waals surface area contributed by atoms with E-state index < -0.39 is 0 Å². The van der Waals surface area contributed by atoms with Gasteiger partial charge in [-0.3, -0.25) is 0 Å². The van der Waals surface area contributed by atoms with E-state index in [1.807, 2.05) is 7.05 Å². The first-order valence-electron chi connectivity index (χ1n) is 8.04. The van der Waals surface area contributed by atoms with Crippen LogP contribution >= 0.6 is 0 Å². The van der Waals surface area contributed by atoms with Crippen LogP contribution in [-0.4, -0.2) is 37.1 Å². The first-order chi connectivity index (χ1) is 9.21. The fourth-order valence-electron chi connectivity index (χ4n) is 2.86. The van der Waals surface area contributed by atoms with Crippen molar-refractivity contribution in [1.82, 2.24) is 10.2 Å². The van der Waals surface area contributed by atoms with E-state index in [2.05, 4.69) is 23.2 Å². The molecule has 2 fully saturated rings. The van der Waals surface area contributed by atoms with Gasteiger partial charge in [0.05, 0.1) is 6.07 Å². The Bertz CT molecular complexity index is 294. The summed E-state index contributed by atoms with van der Waals surface area (Å²) in [7, 11) is 1.92. The molecule has 0 aromatic carbocycles. The lowest BCUT2D eigenvalue weighted by molar-refractivity contribution is 0.237. The number of nitriles is 1. The lowest BCUT2D eigenvalue weighted by atomic mass is 9.92. The van der Waals surface area contributed by atoms with Crippen LogP contribution < -0.4 is 5.32 Å². The van der Waals surface area contributed by atoms with Crippen LogP contribution in [0.5, 0.6) is 0 Å². The second-order valence-corrected chi connectivity index (χ2v) is 6.55. The van der Waals surface area contributed by atoms with Gasteiger partial charge in [0.1, 0.15) is 5.54 Å². The van der Waals surface area contributed by atoms with Crippen molar-refractivity contribution < 1.29 is 0 Å². The van der Waals surface area contributed by atoms with Crippen molar-refractivity contribution in [3.8, 4) is 6.07 Å². The van der Waals surface area contributed by atoms with Crippen molar-refractivity contribution in [2.45, 2.75) is 57.4 Å². The largest absolute Gasteiger partial charge is 0.303 e. The van der Waals surface area contributed by atoms with Gasteiger partial charge in [0.15, 0.2) is 0 Å². The van der Waals surface area contributed by atoms with E-state index in [0.717, 1.165) is 31.1 Å². The molecule has 0 radical (unpaired) electrons. The van der Waals surface area contributed by atoms with Gasteiger partial charge in [-0.25, -0.2) is 0 Å². The molecule has 2 saturated carbocycles. The number of rotatable bonds is 10. The highest BCUT2D eigenvalue weighted by Crippen LogP contribution is 2.33. The molecule has 0 amide bonds. The van der Waals surface area contributed by atoms with Crippen LogP contribution in [0.4, 0.5) is 0 Å². The minimum absolute atomic E-state index is 0.301. The van der Waals surface area contributed by atoms with Crippen LogP contribution in [0.2, 0.25) is 0 Å². The van der Waals surface area contributed by atoms with Gasteiger partial charge in [-0.15, -0.1) is 0 Å². The van der Waals surface area contributed by atoms with E-state index in [9.17, 15) is 5.26 Å². The van der Waals surface area contributed by atoms with E-state index in [-0.39, 0.29) is 5.54 Å². The highest BCUT2D eigenvalue weighted by atomic mass is 15.1. The molecule has 1 atom stereocenters. The third kappa shape index (κ3) is 4.78. The Morgan fingerprint density at radius 1 is 1.21 bits per heavy atom. The van der Waals surface area contributed by atoms with Gasteiger partial charge in [-0.05, 0) is 70.4 Å². The zero-order chi connectivity index (χ0) is 13.7. The molecule has 0 spiro atoms. The summed E-state index contributed by atoms with van der Waals surface area (Å²) >= 11 is 0. The molecular formula is C16H29N3. The van der Waals surface area contributed by atoms with Gasteiger partial charge in [-0.2, -0.15) is 5.26 Å². The average Bonchev–Trinajstić information content (AvgIpc) is 3.31. The predicted octanol–water partition coefficient (Wildman–Crippen LogP) is 2.78. The van der Waals surface area contributed by atoms with Crippen molar-refractivity contribution in [2.75, 3.05) is 26.7 Å². The second-order valence-electron chi connectivity index (χ2n) is 6.55. The standard InChI is InChI=1S/C16H29N3/c1-3-16(13-17,18-2)9-4-10-19(11-14-5-6-14)12-15-7-8-15/h14-15,18H,3-12H2,1-2H3. The van der Waals surface area contributed by atoms with Crippen LogP contribution in [0.25, 0.3) is 0 Å². The molecule has 0 bridgehead atoms. The first-order valence-corrected chi connectivity index (χ1v) is 8.04. The number of hydrogen-bond acceptors (Lipinski definition) is 3. The summed E-state index contributed by atoms with van der Waals surface area (Å²) in [4.78, 5) is 2.67. The van der Waals surface area contributed by atoms with Crippen molar-refractivity contribution in [3.63, 3.8) is 0 Å². The average molecular weight is 263 g/mol. The lowest BCUT2D eigenvalue weighted by Gasteiger charge is -2.27. The van der Waals surface area contributed by atoms with Crippen molar-refractivity contribution >= 4 is 0 Å². The van der Waals surface area contributed by atoms with E-state index in [1.165, 1.54) is 45.3 Å². The normalized spacial score (nSPS) is 22.2. The van der Waals surface area contributed by atoms with Crippen molar-refractivity contribution in [3.05, 3.63) is 0 Å². The summed E-state index contributed by atoms with van der Waals surface area (Å²) in [6.45, 7) is 5.90. The molecule has 108 valence electrons. The lowest BCUT2D eigenvalue weighted by Crippen LogP contribution is -2.41. The quantitative estimate of drug-likeness (QED) is 0.659. The zero-order valence-electron chi connectivity index (χ0n) is 12.6. The van der Waals surface area contributed by atoms with Gasteiger partial charge < -0.3 is 10.2 Å². The van der Waals surface area contributed by atoms with Crippen LogP contribution in [0.15, 0.2) is 0 Å². The maximum Gasteiger partial charge on any atom is 0.106 e. The SMILES string of the molecule is CCC(C#N)(CCCN(CC1CC1)CC1CC1)NC. The molecule has 1 unspecified atom stereocenters. The summed E-state index contributed by atoms with van der Waals surface area (Å²) in [6.07, 6.45) is 8.77. The van der Waals surface area contributed by atoms with Gasteiger partial charge in [0, 0.05) is 13.1 Å². The second kappa shape index (κ2) is 6.72. The van der Waals surface area contributed by atoms with Gasteiger partial charge >= 0.3 is 0 Å². The molecule has 2 rings (SSSR count). The summed E-state index contributed by atoms with van der Waals surface area (Å²) in [5.74, 6) is 1.96. The van der Waals surface area contributed by atoms with Crippen LogP contribution in [0, 0.1) is 23.2 Å². The Morgan fingerprint density at radius 2 is 1.79 bits per heavy atom. The minimum atomic E-state index is -0.301. The number of nitrogens with one attached hydrogen (secondary N) is 1. The minimum Gasteiger partial charge on any atom is -0.303 e. The topological polar surface area (TPSA) is 39.1 Å². The molecule has 0 aliphatic heterocycles. The van der Waals surface area contributed by atoms with E-state index >= 15 is 0 Å². The molecule has 0 aromatic heterocycles. The first kappa shape index (κ1) is 14.8.